The van der Waals surface area contributed by atoms with Crippen LogP contribution < -0.4 is 4.87 Å². The standard InChI is InChI=1S/C10H7N3OS/c1-6-9(15-10(14)13-6)7-3-4-12-5-8(7)11-2/h3-5H,1H3,(H,13,14). The Bertz CT molecular complexity index is 591. The van der Waals surface area contributed by atoms with Gasteiger partial charge in [-0.15, -0.1) is 0 Å². The van der Waals surface area contributed by atoms with Crippen molar-refractivity contribution in [2.75, 3.05) is 0 Å². The summed E-state index contributed by atoms with van der Waals surface area (Å²) in [4.78, 5) is 21.8. The van der Waals surface area contributed by atoms with Crippen LogP contribution in [0.1, 0.15) is 5.69 Å². The van der Waals surface area contributed by atoms with Crippen LogP contribution in [0.2, 0.25) is 0 Å². The number of aromatic nitrogens is 2. The summed E-state index contributed by atoms with van der Waals surface area (Å²) in [5.74, 6) is 0. The first-order valence-corrected chi connectivity index (χ1v) is 5.05. The molecule has 0 fully saturated rings. The zero-order valence-electron chi connectivity index (χ0n) is 7.94. The van der Waals surface area contributed by atoms with Gasteiger partial charge >= 0.3 is 4.87 Å². The van der Waals surface area contributed by atoms with E-state index in [4.69, 9.17) is 6.57 Å². The summed E-state index contributed by atoms with van der Waals surface area (Å²) in [7, 11) is 0. The highest BCUT2D eigenvalue weighted by molar-refractivity contribution is 7.13. The van der Waals surface area contributed by atoms with E-state index < -0.39 is 0 Å². The fraction of sp³-hybridized carbons (Fsp3) is 0.100. The molecule has 2 aromatic rings. The van der Waals surface area contributed by atoms with Gasteiger partial charge in [-0.3, -0.25) is 9.78 Å². The molecule has 0 radical (unpaired) electrons. The van der Waals surface area contributed by atoms with Crippen LogP contribution in [0.25, 0.3) is 15.3 Å². The van der Waals surface area contributed by atoms with Crippen molar-refractivity contribution in [3.63, 3.8) is 0 Å². The Morgan fingerprint density at radius 3 is 3.00 bits per heavy atom. The molecule has 2 heterocycles. The molecule has 4 nitrogen and oxygen atoms in total. The number of aryl methyl sites for hydroxylation is 1. The van der Waals surface area contributed by atoms with Crippen molar-refractivity contribution in [2.45, 2.75) is 6.92 Å². The summed E-state index contributed by atoms with van der Waals surface area (Å²) >= 11 is 1.11. The molecular weight excluding hydrogens is 210 g/mol. The molecule has 2 aromatic heterocycles. The Morgan fingerprint density at radius 1 is 1.60 bits per heavy atom. The largest absolute Gasteiger partial charge is 0.316 e. The molecule has 2 rings (SSSR count). The van der Waals surface area contributed by atoms with Gasteiger partial charge in [-0.1, -0.05) is 11.3 Å². The van der Waals surface area contributed by atoms with E-state index in [1.807, 2.05) is 6.92 Å². The van der Waals surface area contributed by atoms with E-state index in [0.717, 1.165) is 27.5 Å². The second-order valence-corrected chi connectivity index (χ2v) is 3.96. The minimum Gasteiger partial charge on any atom is -0.316 e. The summed E-state index contributed by atoms with van der Waals surface area (Å²) < 4.78 is 0. The Morgan fingerprint density at radius 2 is 2.40 bits per heavy atom. The Labute approximate surface area is 90.1 Å². The summed E-state index contributed by atoms with van der Waals surface area (Å²) in [6, 6.07) is 1.75. The highest BCUT2D eigenvalue weighted by atomic mass is 32.1. The first-order valence-electron chi connectivity index (χ1n) is 4.24. The first-order chi connectivity index (χ1) is 7.22. The second-order valence-electron chi connectivity index (χ2n) is 2.97. The summed E-state index contributed by atoms with van der Waals surface area (Å²) in [6.45, 7) is 8.83. The van der Waals surface area contributed by atoms with E-state index in [0.29, 0.717) is 5.69 Å². The minimum atomic E-state index is -0.102. The van der Waals surface area contributed by atoms with E-state index >= 15 is 0 Å². The third-order valence-corrected chi connectivity index (χ3v) is 3.01. The summed E-state index contributed by atoms with van der Waals surface area (Å²) in [6.07, 6.45) is 3.12. The maximum atomic E-state index is 11.2. The van der Waals surface area contributed by atoms with Crippen molar-refractivity contribution in [1.82, 2.24) is 9.97 Å². The fourth-order valence-electron chi connectivity index (χ4n) is 1.33. The van der Waals surface area contributed by atoms with Gasteiger partial charge in [-0.2, -0.15) is 0 Å². The lowest BCUT2D eigenvalue weighted by molar-refractivity contribution is 1.22. The van der Waals surface area contributed by atoms with E-state index in [-0.39, 0.29) is 4.87 Å². The van der Waals surface area contributed by atoms with Crippen LogP contribution in [0.4, 0.5) is 5.69 Å². The highest BCUT2D eigenvalue weighted by Crippen LogP contribution is 2.32. The van der Waals surface area contributed by atoms with Crippen LogP contribution in [-0.4, -0.2) is 9.97 Å². The zero-order valence-corrected chi connectivity index (χ0v) is 8.76. The number of hydrogen-bond donors (Lipinski definition) is 1. The summed E-state index contributed by atoms with van der Waals surface area (Å²) in [5, 5.41) is 0. The number of rotatable bonds is 1. The van der Waals surface area contributed by atoms with Gasteiger partial charge in [0.05, 0.1) is 6.57 Å². The molecular formula is C10H7N3OS. The Hall–Kier alpha value is -1.93. The van der Waals surface area contributed by atoms with Gasteiger partial charge in [0.15, 0.2) is 0 Å². The van der Waals surface area contributed by atoms with Crippen molar-refractivity contribution in [3.05, 3.63) is 45.2 Å². The van der Waals surface area contributed by atoms with Crippen molar-refractivity contribution < 1.29 is 0 Å². The Balaban J connectivity index is 2.70. The molecule has 0 aliphatic carbocycles. The number of H-pyrrole nitrogens is 1. The zero-order chi connectivity index (χ0) is 10.8. The second kappa shape index (κ2) is 3.67. The molecule has 0 saturated heterocycles. The molecule has 0 bridgehead atoms. The predicted octanol–water partition coefficient (Wildman–Crippen LogP) is 2.36. The minimum absolute atomic E-state index is 0.102. The quantitative estimate of drug-likeness (QED) is 0.745. The van der Waals surface area contributed by atoms with E-state index in [9.17, 15) is 4.79 Å². The molecule has 0 aliphatic rings. The number of pyridine rings is 1. The number of nitrogens with zero attached hydrogens (tertiary/aromatic N) is 2. The van der Waals surface area contributed by atoms with Crippen LogP contribution in [0, 0.1) is 13.5 Å². The molecule has 0 saturated carbocycles. The van der Waals surface area contributed by atoms with Crippen molar-refractivity contribution in [2.24, 2.45) is 0 Å². The van der Waals surface area contributed by atoms with Crippen molar-refractivity contribution in [3.8, 4) is 10.4 Å². The maximum absolute atomic E-state index is 11.2. The molecule has 15 heavy (non-hydrogen) atoms. The van der Waals surface area contributed by atoms with Gasteiger partial charge in [0.25, 0.3) is 0 Å². The van der Waals surface area contributed by atoms with Gasteiger partial charge in [-0.25, -0.2) is 4.85 Å². The topological polar surface area (TPSA) is 50.1 Å². The SMILES string of the molecule is [C-]#[N+]c1cnccc1-c1sc(=O)[nH]c1C. The molecule has 74 valence electrons. The van der Waals surface area contributed by atoms with E-state index in [1.54, 1.807) is 12.3 Å². The lowest BCUT2D eigenvalue weighted by Crippen LogP contribution is -1.91. The third-order valence-electron chi connectivity index (χ3n) is 1.99. The molecule has 1 N–H and O–H groups in total. The van der Waals surface area contributed by atoms with Gasteiger partial charge in [0.2, 0.25) is 5.69 Å². The Kier molecular flexibility index (Phi) is 2.35. The highest BCUT2D eigenvalue weighted by Gasteiger charge is 2.10. The molecule has 0 aliphatic heterocycles. The van der Waals surface area contributed by atoms with Gasteiger partial charge in [0.1, 0.15) is 0 Å². The van der Waals surface area contributed by atoms with Crippen LogP contribution in [0.3, 0.4) is 0 Å². The van der Waals surface area contributed by atoms with Crippen molar-refractivity contribution >= 4 is 17.0 Å². The van der Waals surface area contributed by atoms with Crippen molar-refractivity contribution in [1.29, 1.82) is 0 Å². The number of thiazole rings is 1. The van der Waals surface area contributed by atoms with Crippen LogP contribution in [0.5, 0.6) is 0 Å². The lowest BCUT2D eigenvalue weighted by atomic mass is 10.2. The average molecular weight is 217 g/mol. The van der Waals surface area contributed by atoms with Crippen LogP contribution >= 0.6 is 11.3 Å². The monoisotopic (exact) mass is 217 g/mol. The summed E-state index contributed by atoms with van der Waals surface area (Å²) in [5.41, 5.74) is 2.03. The van der Waals surface area contributed by atoms with Gasteiger partial charge < -0.3 is 4.98 Å². The molecule has 0 spiro atoms. The third kappa shape index (κ3) is 1.67. The lowest BCUT2D eigenvalue weighted by Gasteiger charge is -2.00. The van der Waals surface area contributed by atoms with E-state index in [1.165, 1.54) is 6.20 Å². The van der Waals surface area contributed by atoms with Crippen LogP contribution in [-0.2, 0) is 0 Å². The molecule has 0 unspecified atom stereocenters. The predicted molar refractivity (Wildman–Crippen MR) is 59.2 cm³/mol. The molecule has 0 aromatic carbocycles. The number of aromatic amines is 1. The van der Waals surface area contributed by atoms with Gasteiger partial charge in [-0.05, 0) is 13.0 Å². The normalized spacial score (nSPS) is 9.87. The molecule has 0 atom stereocenters. The molecule has 5 heteroatoms. The smallest absolute Gasteiger partial charge is 0.305 e. The van der Waals surface area contributed by atoms with E-state index in [2.05, 4.69) is 14.8 Å². The maximum Gasteiger partial charge on any atom is 0.305 e. The fourth-order valence-corrected chi connectivity index (χ4v) is 2.21. The molecule has 0 amide bonds. The number of nitrogens with one attached hydrogen (secondary N) is 1. The van der Waals surface area contributed by atoms with Crippen LogP contribution in [0.15, 0.2) is 23.3 Å². The number of hydrogen-bond acceptors (Lipinski definition) is 3. The van der Waals surface area contributed by atoms with Gasteiger partial charge in [0, 0.05) is 28.5 Å². The average Bonchev–Trinajstić information content (AvgIpc) is 2.57. The first kappa shape index (κ1) is 9.62.